The smallest absolute Gasteiger partial charge is 0.212 e. The minimum atomic E-state index is -0.213. The van der Waals surface area contributed by atoms with Gasteiger partial charge in [0, 0.05) is 17.1 Å². The lowest BCUT2D eigenvalue weighted by Gasteiger charge is -2.10. The fourth-order valence-corrected chi connectivity index (χ4v) is 2.74. The van der Waals surface area contributed by atoms with Crippen molar-refractivity contribution in [2.45, 2.75) is 6.61 Å². The molecule has 0 atom stereocenters. The lowest BCUT2D eigenvalue weighted by atomic mass is 10.1. The van der Waals surface area contributed by atoms with E-state index >= 15 is 0 Å². The van der Waals surface area contributed by atoms with E-state index in [9.17, 15) is 5.11 Å². The predicted octanol–water partition coefficient (Wildman–Crippen LogP) is 1.90. The summed E-state index contributed by atoms with van der Waals surface area (Å²) in [6.07, 6.45) is 1.69. The molecule has 0 aliphatic heterocycles. The molecular formula is C14H14N4O3S. The molecule has 1 N–H and O–H groups in total. The number of thiazole rings is 1. The molecular weight excluding hydrogens is 304 g/mol. The average molecular weight is 318 g/mol. The third kappa shape index (κ3) is 2.42. The van der Waals surface area contributed by atoms with Crippen molar-refractivity contribution in [3.8, 4) is 27.9 Å². The van der Waals surface area contributed by atoms with E-state index in [2.05, 4.69) is 15.3 Å². The summed E-state index contributed by atoms with van der Waals surface area (Å²) < 4.78 is 12.2. The molecule has 0 saturated carbocycles. The molecule has 2 aromatic heterocycles. The van der Waals surface area contributed by atoms with Gasteiger partial charge in [-0.2, -0.15) is 4.68 Å². The van der Waals surface area contributed by atoms with Gasteiger partial charge in [-0.25, -0.2) is 4.98 Å². The molecule has 0 fully saturated rings. The van der Waals surface area contributed by atoms with Crippen LogP contribution in [0.5, 0.6) is 11.5 Å². The summed E-state index contributed by atoms with van der Waals surface area (Å²) in [4.78, 5) is 4.24. The van der Waals surface area contributed by atoms with Gasteiger partial charge in [0.25, 0.3) is 0 Å². The maximum absolute atomic E-state index is 9.53. The number of aliphatic hydroxyl groups excluding tert-OH is 1. The minimum absolute atomic E-state index is 0.213. The molecule has 0 aliphatic carbocycles. The zero-order chi connectivity index (χ0) is 15.5. The van der Waals surface area contributed by atoms with Gasteiger partial charge in [-0.15, -0.1) is 16.4 Å². The van der Waals surface area contributed by atoms with Crippen molar-refractivity contribution < 1.29 is 14.6 Å². The molecule has 0 unspecified atom stereocenters. The van der Waals surface area contributed by atoms with Gasteiger partial charge in [0.05, 0.1) is 20.8 Å². The van der Waals surface area contributed by atoms with Crippen LogP contribution in [0.1, 0.15) is 5.69 Å². The van der Waals surface area contributed by atoms with Crippen molar-refractivity contribution >= 4 is 11.3 Å². The summed E-state index contributed by atoms with van der Waals surface area (Å²) >= 11 is 1.44. The molecule has 0 saturated heterocycles. The number of nitrogens with zero attached hydrogens (tertiary/aromatic N) is 4. The van der Waals surface area contributed by atoms with E-state index in [0.717, 1.165) is 5.56 Å². The first-order valence-corrected chi connectivity index (χ1v) is 7.34. The Morgan fingerprint density at radius 3 is 2.68 bits per heavy atom. The van der Waals surface area contributed by atoms with Crippen LogP contribution in [-0.4, -0.2) is 39.3 Å². The molecule has 7 nitrogen and oxygen atoms in total. The standard InChI is InChI=1S/C14H14N4O3S/c1-20-11-4-3-9(7-12(11)21-2)13-10(8-19)16-17-18(13)14-15-5-6-22-14/h3-7,19H,8H2,1-2H3. The van der Waals surface area contributed by atoms with Crippen LogP contribution in [0, 0.1) is 0 Å². The third-order valence-corrected chi connectivity index (χ3v) is 3.89. The Labute approximate surface area is 130 Å². The van der Waals surface area contributed by atoms with Crippen LogP contribution in [0.3, 0.4) is 0 Å². The van der Waals surface area contributed by atoms with Crippen molar-refractivity contribution in [3.63, 3.8) is 0 Å². The van der Waals surface area contributed by atoms with Crippen molar-refractivity contribution in [1.82, 2.24) is 20.0 Å². The van der Waals surface area contributed by atoms with Crippen LogP contribution >= 0.6 is 11.3 Å². The van der Waals surface area contributed by atoms with Crippen LogP contribution in [0.4, 0.5) is 0 Å². The minimum Gasteiger partial charge on any atom is -0.493 e. The molecule has 114 valence electrons. The number of aliphatic hydroxyl groups is 1. The molecule has 8 heteroatoms. The molecule has 3 rings (SSSR count). The Morgan fingerprint density at radius 2 is 2.05 bits per heavy atom. The van der Waals surface area contributed by atoms with Gasteiger partial charge in [0.2, 0.25) is 5.13 Å². The molecule has 22 heavy (non-hydrogen) atoms. The van der Waals surface area contributed by atoms with Crippen LogP contribution in [0.2, 0.25) is 0 Å². The van der Waals surface area contributed by atoms with E-state index in [-0.39, 0.29) is 6.61 Å². The SMILES string of the molecule is COc1ccc(-c2c(CO)nnn2-c2nccs2)cc1OC. The number of aromatic nitrogens is 4. The Balaban J connectivity index is 2.17. The van der Waals surface area contributed by atoms with E-state index in [4.69, 9.17) is 9.47 Å². The second-order valence-corrected chi connectivity index (χ2v) is 5.21. The summed E-state index contributed by atoms with van der Waals surface area (Å²) in [5.41, 5.74) is 1.96. The van der Waals surface area contributed by atoms with Gasteiger partial charge in [-0.3, -0.25) is 0 Å². The van der Waals surface area contributed by atoms with Gasteiger partial charge in [-0.05, 0) is 18.2 Å². The second kappa shape index (κ2) is 6.12. The number of ether oxygens (including phenoxy) is 2. The highest BCUT2D eigenvalue weighted by atomic mass is 32.1. The number of hydrogen-bond donors (Lipinski definition) is 1. The molecule has 0 radical (unpaired) electrons. The maximum Gasteiger partial charge on any atom is 0.212 e. The van der Waals surface area contributed by atoms with E-state index in [1.807, 2.05) is 17.5 Å². The van der Waals surface area contributed by atoms with E-state index in [1.165, 1.54) is 11.3 Å². The fraction of sp³-hybridized carbons (Fsp3) is 0.214. The van der Waals surface area contributed by atoms with Gasteiger partial charge in [-0.1, -0.05) is 5.21 Å². The summed E-state index contributed by atoms with van der Waals surface area (Å²) in [5.74, 6) is 1.22. The summed E-state index contributed by atoms with van der Waals surface area (Å²) in [7, 11) is 3.16. The Bertz CT molecular complexity index is 770. The molecule has 0 amide bonds. The zero-order valence-corrected chi connectivity index (χ0v) is 12.9. The predicted molar refractivity (Wildman–Crippen MR) is 81.5 cm³/mol. The molecule has 0 aliphatic rings. The van der Waals surface area contributed by atoms with Gasteiger partial charge in [0.15, 0.2) is 11.5 Å². The lowest BCUT2D eigenvalue weighted by Crippen LogP contribution is -2.00. The van der Waals surface area contributed by atoms with Crippen LogP contribution in [-0.2, 0) is 6.61 Å². The van der Waals surface area contributed by atoms with Crippen molar-refractivity contribution in [3.05, 3.63) is 35.5 Å². The number of rotatable bonds is 5. The number of methoxy groups -OCH3 is 2. The first kappa shape index (κ1) is 14.5. The lowest BCUT2D eigenvalue weighted by molar-refractivity contribution is 0.277. The largest absolute Gasteiger partial charge is 0.493 e. The van der Waals surface area contributed by atoms with Crippen LogP contribution < -0.4 is 9.47 Å². The van der Waals surface area contributed by atoms with Crippen molar-refractivity contribution in [2.75, 3.05) is 14.2 Å². The van der Waals surface area contributed by atoms with Crippen molar-refractivity contribution in [1.29, 1.82) is 0 Å². The first-order valence-electron chi connectivity index (χ1n) is 6.46. The molecule has 0 bridgehead atoms. The van der Waals surface area contributed by atoms with Crippen LogP contribution in [0.25, 0.3) is 16.4 Å². The maximum atomic E-state index is 9.53. The van der Waals surface area contributed by atoms with E-state index < -0.39 is 0 Å². The van der Waals surface area contributed by atoms with Gasteiger partial charge < -0.3 is 14.6 Å². The summed E-state index contributed by atoms with van der Waals surface area (Å²) in [5, 5.41) is 20.2. The molecule has 1 aromatic carbocycles. The quantitative estimate of drug-likeness (QED) is 0.774. The topological polar surface area (TPSA) is 82.3 Å². The summed E-state index contributed by atoms with van der Waals surface area (Å²) in [6, 6.07) is 5.48. The Kier molecular flexibility index (Phi) is 4.03. The average Bonchev–Trinajstić information content (AvgIpc) is 3.22. The Morgan fingerprint density at radius 1 is 1.23 bits per heavy atom. The number of hydrogen-bond acceptors (Lipinski definition) is 7. The normalized spacial score (nSPS) is 10.7. The first-order chi connectivity index (χ1) is 10.8. The van der Waals surface area contributed by atoms with E-state index in [1.54, 1.807) is 31.2 Å². The molecule has 0 spiro atoms. The third-order valence-electron chi connectivity index (χ3n) is 3.15. The second-order valence-electron chi connectivity index (χ2n) is 4.34. The van der Waals surface area contributed by atoms with Crippen molar-refractivity contribution in [2.24, 2.45) is 0 Å². The molecule has 3 aromatic rings. The van der Waals surface area contributed by atoms with E-state index in [0.29, 0.717) is 28.0 Å². The monoisotopic (exact) mass is 318 g/mol. The van der Waals surface area contributed by atoms with Gasteiger partial charge >= 0.3 is 0 Å². The van der Waals surface area contributed by atoms with Gasteiger partial charge in [0.1, 0.15) is 11.4 Å². The summed E-state index contributed by atoms with van der Waals surface area (Å²) in [6.45, 7) is -0.213. The fourth-order valence-electron chi connectivity index (χ4n) is 2.15. The highest BCUT2D eigenvalue weighted by molar-refractivity contribution is 7.12. The highest BCUT2D eigenvalue weighted by Crippen LogP contribution is 2.34. The zero-order valence-electron chi connectivity index (χ0n) is 12.1. The molecule has 2 heterocycles. The highest BCUT2D eigenvalue weighted by Gasteiger charge is 2.18. The van der Waals surface area contributed by atoms with Crippen LogP contribution in [0.15, 0.2) is 29.8 Å². The Hall–Kier alpha value is -2.45. The number of benzene rings is 1.